The third-order valence-electron chi connectivity index (χ3n) is 5.45. The molecule has 0 aromatic heterocycles. The Balaban J connectivity index is 1.32. The average molecular weight is 346 g/mol. The van der Waals surface area contributed by atoms with Crippen molar-refractivity contribution in [3.8, 4) is 0 Å². The van der Waals surface area contributed by atoms with E-state index in [0.29, 0.717) is 12.2 Å². The number of nitrogens with zero attached hydrogens (tertiary/aromatic N) is 2. The number of thioether (sulfide) groups is 1. The van der Waals surface area contributed by atoms with Gasteiger partial charge in [0.25, 0.3) is 0 Å². The fraction of sp³-hybridized carbons (Fsp3) is 0.632. The first-order valence-electron chi connectivity index (χ1n) is 9.21. The summed E-state index contributed by atoms with van der Waals surface area (Å²) < 4.78 is 6.08. The SMILES string of the molecule is CCNC(=NCCSc1ccccc1)N1CC2C3CCC(O3)C2C1. The highest BCUT2D eigenvalue weighted by Gasteiger charge is 2.53. The molecule has 0 spiro atoms. The Labute approximate surface area is 149 Å². The highest BCUT2D eigenvalue weighted by molar-refractivity contribution is 7.99. The van der Waals surface area contributed by atoms with Gasteiger partial charge in [-0.1, -0.05) is 18.2 Å². The molecule has 24 heavy (non-hydrogen) atoms. The van der Waals surface area contributed by atoms with Crippen LogP contribution in [0.2, 0.25) is 0 Å². The molecule has 1 aromatic rings. The molecule has 5 heteroatoms. The lowest BCUT2D eigenvalue weighted by molar-refractivity contribution is 0.0767. The number of hydrogen-bond donors (Lipinski definition) is 1. The Kier molecular flexibility index (Phi) is 4.99. The van der Waals surface area contributed by atoms with Crippen LogP contribution in [0.4, 0.5) is 0 Å². The molecule has 4 rings (SSSR count). The minimum Gasteiger partial charge on any atom is -0.374 e. The average Bonchev–Trinajstić information content (AvgIpc) is 3.31. The molecule has 2 bridgehead atoms. The van der Waals surface area contributed by atoms with Gasteiger partial charge in [0.1, 0.15) is 0 Å². The number of guanidine groups is 1. The van der Waals surface area contributed by atoms with Gasteiger partial charge in [-0.3, -0.25) is 4.99 Å². The zero-order valence-electron chi connectivity index (χ0n) is 14.4. The fourth-order valence-corrected chi connectivity index (χ4v) is 5.16. The Hall–Kier alpha value is -1.20. The minimum absolute atomic E-state index is 0.515. The largest absolute Gasteiger partial charge is 0.374 e. The quantitative estimate of drug-likeness (QED) is 0.385. The molecule has 3 fully saturated rings. The van der Waals surface area contributed by atoms with Crippen molar-refractivity contribution in [3.05, 3.63) is 30.3 Å². The molecule has 0 saturated carbocycles. The van der Waals surface area contributed by atoms with E-state index >= 15 is 0 Å². The Morgan fingerprint density at radius 2 is 1.92 bits per heavy atom. The van der Waals surface area contributed by atoms with Crippen LogP contribution in [0.3, 0.4) is 0 Å². The minimum atomic E-state index is 0.515. The monoisotopic (exact) mass is 345 g/mol. The summed E-state index contributed by atoms with van der Waals surface area (Å²) in [7, 11) is 0. The third kappa shape index (κ3) is 3.29. The van der Waals surface area contributed by atoms with Crippen molar-refractivity contribution < 1.29 is 4.74 Å². The standard InChI is InChI=1S/C19H27N3OS/c1-2-20-19(21-10-11-24-14-6-4-3-5-7-14)22-12-15-16(13-22)18-9-8-17(15)23-18/h3-7,15-18H,2,8-13H2,1H3,(H,20,21). The van der Waals surface area contributed by atoms with Crippen molar-refractivity contribution in [2.24, 2.45) is 16.8 Å². The van der Waals surface area contributed by atoms with Crippen LogP contribution in [0.5, 0.6) is 0 Å². The maximum atomic E-state index is 6.08. The summed E-state index contributed by atoms with van der Waals surface area (Å²) >= 11 is 1.88. The third-order valence-corrected chi connectivity index (χ3v) is 6.44. The van der Waals surface area contributed by atoms with Gasteiger partial charge in [-0.05, 0) is 31.9 Å². The van der Waals surface area contributed by atoms with Crippen LogP contribution in [-0.4, -0.2) is 55.0 Å². The predicted molar refractivity (Wildman–Crippen MR) is 99.6 cm³/mol. The van der Waals surface area contributed by atoms with E-state index in [9.17, 15) is 0 Å². The van der Waals surface area contributed by atoms with Crippen molar-refractivity contribution in [1.29, 1.82) is 0 Å². The van der Waals surface area contributed by atoms with E-state index in [0.717, 1.165) is 49.7 Å². The van der Waals surface area contributed by atoms with Gasteiger partial charge in [0, 0.05) is 42.1 Å². The van der Waals surface area contributed by atoms with E-state index in [1.807, 2.05) is 11.8 Å². The van der Waals surface area contributed by atoms with Gasteiger partial charge in [-0.25, -0.2) is 0 Å². The van der Waals surface area contributed by atoms with Crippen LogP contribution in [0, 0.1) is 11.8 Å². The Morgan fingerprint density at radius 3 is 2.58 bits per heavy atom. The number of benzene rings is 1. The number of fused-ring (bicyclic) bond motifs is 5. The van der Waals surface area contributed by atoms with Crippen LogP contribution >= 0.6 is 11.8 Å². The lowest BCUT2D eigenvalue weighted by Gasteiger charge is -2.23. The highest BCUT2D eigenvalue weighted by atomic mass is 32.2. The van der Waals surface area contributed by atoms with Gasteiger partial charge >= 0.3 is 0 Å². The molecule has 3 aliphatic rings. The lowest BCUT2D eigenvalue weighted by Crippen LogP contribution is -2.41. The Bertz CT molecular complexity index is 561. The summed E-state index contributed by atoms with van der Waals surface area (Å²) in [6, 6.07) is 10.6. The molecule has 3 heterocycles. The second kappa shape index (κ2) is 7.36. The second-order valence-corrected chi connectivity index (χ2v) is 8.09. The zero-order chi connectivity index (χ0) is 16.4. The van der Waals surface area contributed by atoms with Crippen LogP contribution < -0.4 is 5.32 Å². The molecule has 1 N–H and O–H groups in total. The van der Waals surface area contributed by atoms with Crippen LogP contribution in [-0.2, 0) is 4.74 Å². The van der Waals surface area contributed by atoms with E-state index in [-0.39, 0.29) is 0 Å². The molecule has 0 amide bonds. The molecular weight excluding hydrogens is 318 g/mol. The van der Waals surface area contributed by atoms with Gasteiger partial charge in [-0.15, -0.1) is 11.8 Å². The predicted octanol–water partition coefficient (Wildman–Crippen LogP) is 2.85. The van der Waals surface area contributed by atoms with E-state index in [1.54, 1.807) is 0 Å². The van der Waals surface area contributed by atoms with Crippen molar-refractivity contribution in [2.45, 2.75) is 36.9 Å². The summed E-state index contributed by atoms with van der Waals surface area (Å²) in [5.41, 5.74) is 0. The molecule has 0 radical (unpaired) electrons. The second-order valence-electron chi connectivity index (χ2n) is 6.92. The maximum absolute atomic E-state index is 6.08. The molecular formula is C19H27N3OS. The molecule has 4 unspecified atom stereocenters. The van der Waals surface area contributed by atoms with Crippen molar-refractivity contribution in [3.63, 3.8) is 0 Å². The highest BCUT2D eigenvalue weighted by Crippen LogP contribution is 2.47. The van der Waals surface area contributed by atoms with Gasteiger partial charge in [-0.2, -0.15) is 0 Å². The normalized spacial score (nSPS) is 31.5. The number of aliphatic imine (C=N–C) groups is 1. The molecule has 1 aromatic carbocycles. The number of likely N-dealkylation sites (tertiary alicyclic amines) is 1. The number of rotatable bonds is 5. The van der Waals surface area contributed by atoms with Crippen LogP contribution in [0.1, 0.15) is 19.8 Å². The van der Waals surface area contributed by atoms with Gasteiger partial charge in [0.05, 0.1) is 18.8 Å². The first-order chi connectivity index (χ1) is 11.8. The zero-order valence-corrected chi connectivity index (χ0v) is 15.2. The molecule has 130 valence electrons. The van der Waals surface area contributed by atoms with E-state index in [4.69, 9.17) is 9.73 Å². The smallest absolute Gasteiger partial charge is 0.193 e. The van der Waals surface area contributed by atoms with Crippen LogP contribution in [0.25, 0.3) is 0 Å². The summed E-state index contributed by atoms with van der Waals surface area (Å²) in [5, 5.41) is 3.49. The van der Waals surface area contributed by atoms with Crippen LogP contribution in [0.15, 0.2) is 40.2 Å². The van der Waals surface area contributed by atoms with Crippen molar-refractivity contribution in [2.75, 3.05) is 31.9 Å². The molecule has 3 saturated heterocycles. The number of ether oxygens (including phenoxy) is 1. The molecule has 3 aliphatic heterocycles. The summed E-state index contributed by atoms with van der Waals surface area (Å²) in [4.78, 5) is 8.67. The summed E-state index contributed by atoms with van der Waals surface area (Å²) in [6.45, 7) is 6.17. The van der Waals surface area contributed by atoms with Crippen molar-refractivity contribution in [1.82, 2.24) is 10.2 Å². The van der Waals surface area contributed by atoms with E-state index in [2.05, 4.69) is 47.5 Å². The molecule has 4 nitrogen and oxygen atoms in total. The summed E-state index contributed by atoms with van der Waals surface area (Å²) in [5.74, 6) is 3.58. The van der Waals surface area contributed by atoms with E-state index in [1.165, 1.54) is 17.7 Å². The maximum Gasteiger partial charge on any atom is 0.193 e. The van der Waals surface area contributed by atoms with E-state index < -0.39 is 0 Å². The molecule has 4 atom stereocenters. The lowest BCUT2D eigenvalue weighted by atomic mass is 9.82. The number of hydrogen-bond acceptors (Lipinski definition) is 3. The van der Waals surface area contributed by atoms with Crippen molar-refractivity contribution >= 4 is 17.7 Å². The molecule has 0 aliphatic carbocycles. The first-order valence-corrected chi connectivity index (χ1v) is 10.2. The Morgan fingerprint density at radius 1 is 1.21 bits per heavy atom. The first kappa shape index (κ1) is 16.3. The van der Waals surface area contributed by atoms with Gasteiger partial charge in [0.2, 0.25) is 0 Å². The van der Waals surface area contributed by atoms with Gasteiger partial charge in [0.15, 0.2) is 5.96 Å². The van der Waals surface area contributed by atoms with Gasteiger partial charge < -0.3 is 15.0 Å². The topological polar surface area (TPSA) is 36.9 Å². The number of nitrogens with one attached hydrogen (secondary N) is 1. The fourth-order valence-electron chi connectivity index (χ4n) is 4.39. The summed E-state index contributed by atoms with van der Waals surface area (Å²) in [6.07, 6.45) is 3.56.